The van der Waals surface area contributed by atoms with Crippen LogP contribution < -0.4 is 9.47 Å². The smallest absolute Gasteiger partial charge is 0.231 e. The number of benzene rings is 2. The Balaban J connectivity index is 1.31. The van der Waals surface area contributed by atoms with E-state index in [1.54, 1.807) is 12.1 Å². The summed E-state index contributed by atoms with van der Waals surface area (Å²) in [5, 5.41) is 7.76. The van der Waals surface area contributed by atoms with Gasteiger partial charge in [-0.05, 0) is 35.9 Å². The maximum absolute atomic E-state index is 13.0. The van der Waals surface area contributed by atoms with Gasteiger partial charge in [0.2, 0.25) is 6.79 Å². The monoisotopic (exact) mass is 377 g/mol. The second kappa shape index (κ2) is 7.13. The van der Waals surface area contributed by atoms with Crippen molar-refractivity contribution in [1.82, 2.24) is 15.1 Å². The molecule has 1 aromatic heterocycles. The summed E-state index contributed by atoms with van der Waals surface area (Å²) in [6.45, 7) is 2.92. The number of H-pyrrole nitrogens is 1. The fourth-order valence-electron chi connectivity index (χ4n) is 3.70. The van der Waals surface area contributed by atoms with Crippen LogP contribution in [0, 0.1) is 5.82 Å². The molecule has 142 valence electrons. The van der Waals surface area contributed by atoms with Crippen LogP contribution in [-0.4, -0.2) is 35.0 Å². The Morgan fingerprint density at radius 3 is 2.86 bits per heavy atom. The second-order valence-corrected chi connectivity index (χ2v) is 7.04. The summed E-state index contributed by atoms with van der Waals surface area (Å²) < 4.78 is 23.9. The average Bonchev–Trinajstić information content (AvgIpc) is 3.35. The van der Waals surface area contributed by atoms with E-state index in [0.717, 1.165) is 54.4 Å². The molecule has 2 aliphatic heterocycles. The molecule has 0 saturated heterocycles. The molecule has 0 fully saturated rings. The Kier molecular flexibility index (Phi) is 4.33. The van der Waals surface area contributed by atoms with Gasteiger partial charge in [-0.3, -0.25) is 10.00 Å². The van der Waals surface area contributed by atoms with Gasteiger partial charge in [-0.15, -0.1) is 0 Å². The number of fused-ring (bicyclic) bond motifs is 2. The normalized spacial score (nSPS) is 15.9. The van der Waals surface area contributed by atoms with Gasteiger partial charge in [-0.25, -0.2) is 4.39 Å². The van der Waals surface area contributed by atoms with Gasteiger partial charge in [0.25, 0.3) is 0 Å². The largest absolute Gasteiger partial charge is 0.454 e. The van der Waals surface area contributed by atoms with Crippen molar-refractivity contribution < 1.29 is 13.9 Å². The van der Waals surface area contributed by atoms with E-state index in [-0.39, 0.29) is 12.6 Å². The molecule has 0 amide bonds. The zero-order valence-corrected chi connectivity index (χ0v) is 15.3. The third-order valence-corrected chi connectivity index (χ3v) is 5.20. The van der Waals surface area contributed by atoms with Gasteiger partial charge in [-0.1, -0.05) is 24.3 Å². The molecule has 1 N–H and O–H groups in total. The van der Waals surface area contributed by atoms with Crippen molar-refractivity contribution in [3.05, 3.63) is 71.2 Å². The predicted molar refractivity (Wildman–Crippen MR) is 105 cm³/mol. The lowest BCUT2D eigenvalue weighted by Crippen LogP contribution is -2.30. The van der Waals surface area contributed by atoms with E-state index in [1.807, 2.05) is 24.3 Å². The minimum Gasteiger partial charge on any atom is -0.454 e. The van der Waals surface area contributed by atoms with Crippen molar-refractivity contribution in [2.45, 2.75) is 13.0 Å². The van der Waals surface area contributed by atoms with Crippen LogP contribution in [0.25, 0.3) is 17.3 Å². The first-order valence-electron chi connectivity index (χ1n) is 9.37. The van der Waals surface area contributed by atoms with E-state index in [0.29, 0.717) is 0 Å². The molecule has 0 aliphatic carbocycles. The molecule has 0 saturated carbocycles. The molecule has 0 spiro atoms. The molecule has 28 heavy (non-hydrogen) atoms. The lowest BCUT2D eigenvalue weighted by Gasteiger charge is -2.25. The third-order valence-electron chi connectivity index (χ3n) is 5.20. The number of ether oxygens (including phenoxy) is 2. The number of hydrogen-bond donors (Lipinski definition) is 1. The van der Waals surface area contributed by atoms with Gasteiger partial charge < -0.3 is 9.47 Å². The minimum atomic E-state index is -0.211. The zero-order valence-electron chi connectivity index (χ0n) is 15.3. The van der Waals surface area contributed by atoms with Crippen molar-refractivity contribution in [3.8, 4) is 22.8 Å². The van der Waals surface area contributed by atoms with Gasteiger partial charge >= 0.3 is 0 Å². The van der Waals surface area contributed by atoms with Crippen LogP contribution in [-0.2, 0) is 13.0 Å². The number of aromatic nitrogens is 2. The quantitative estimate of drug-likeness (QED) is 0.746. The van der Waals surface area contributed by atoms with Gasteiger partial charge in [0.15, 0.2) is 11.5 Å². The van der Waals surface area contributed by atoms with Crippen molar-refractivity contribution in [3.63, 3.8) is 0 Å². The maximum atomic E-state index is 13.0. The average molecular weight is 377 g/mol. The standard InChI is InChI=1S/C22H20FN3O2/c23-17-6-3-15(4-7-17)2-1-10-26-11-9-19-18(13-26)22(25-24-19)16-5-8-20-21(12-16)28-14-27-20/h1-8,12H,9-11,13-14H2,(H,24,25)/b2-1+. The molecule has 5 rings (SSSR count). The van der Waals surface area contributed by atoms with E-state index in [4.69, 9.17) is 9.47 Å². The number of nitrogens with one attached hydrogen (secondary N) is 1. The molecule has 0 bridgehead atoms. The molecular formula is C22H20FN3O2. The Morgan fingerprint density at radius 2 is 1.96 bits per heavy atom. The lowest BCUT2D eigenvalue weighted by atomic mass is 10.0. The Hall–Kier alpha value is -3.12. The SMILES string of the molecule is Fc1ccc(/C=C/CN2CCc3[nH]nc(-c4ccc5c(c4)OCO5)c3C2)cc1. The highest BCUT2D eigenvalue weighted by Gasteiger charge is 2.23. The maximum Gasteiger partial charge on any atom is 0.231 e. The van der Waals surface area contributed by atoms with Gasteiger partial charge in [0.05, 0.1) is 5.69 Å². The molecule has 3 aromatic rings. The predicted octanol–water partition coefficient (Wildman–Crippen LogP) is 4.02. The lowest BCUT2D eigenvalue weighted by molar-refractivity contribution is 0.174. The second-order valence-electron chi connectivity index (χ2n) is 7.04. The van der Waals surface area contributed by atoms with Crippen LogP contribution in [0.3, 0.4) is 0 Å². The molecule has 2 aromatic carbocycles. The molecule has 6 heteroatoms. The number of halogens is 1. The number of hydrogen-bond acceptors (Lipinski definition) is 4. The molecule has 2 aliphatic rings. The Bertz CT molecular complexity index is 1030. The van der Waals surface area contributed by atoms with E-state index < -0.39 is 0 Å². The summed E-state index contributed by atoms with van der Waals surface area (Å²) in [6, 6.07) is 12.5. The van der Waals surface area contributed by atoms with Gasteiger partial charge in [-0.2, -0.15) is 5.10 Å². The first-order chi connectivity index (χ1) is 13.8. The van der Waals surface area contributed by atoms with Crippen LogP contribution in [0.4, 0.5) is 4.39 Å². The fourth-order valence-corrected chi connectivity index (χ4v) is 3.70. The zero-order chi connectivity index (χ0) is 18.9. The highest BCUT2D eigenvalue weighted by atomic mass is 19.1. The Morgan fingerprint density at radius 1 is 1.11 bits per heavy atom. The van der Waals surface area contributed by atoms with Gasteiger partial charge in [0.1, 0.15) is 5.82 Å². The van der Waals surface area contributed by atoms with E-state index >= 15 is 0 Å². The van der Waals surface area contributed by atoms with Crippen LogP contribution >= 0.6 is 0 Å². The molecular weight excluding hydrogens is 357 g/mol. The van der Waals surface area contributed by atoms with Crippen molar-refractivity contribution in [2.24, 2.45) is 0 Å². The Labute approximate surface area is 162 Å². The fraction of sp³-hybridized carbons (Fsp3) is 0.227. The van der Waals surface area contributed by atoms with E-state index in [2.05, 4.69) is 21.2 Å². The topological polar surface area (TPSA) is 50.4 Å². The first kappa shape index (κ1) is 17.0. The van der Waals surface area contributed by atoms with Crippen LogP contribution in [0.15, 0.2) is 48.5 Å². The summed E-state index contributed by atoms with van der Waals surface area (Å²) in [6.07, 6.45) is 5.10. The van der Waals surface area contributed by atoms with Crippen molar-refractivity contribution in [2.75, 3.05) is 19.9 Å². The molecule has 0 atom stereocenters. The van der Waals surface area contributed by atoms with E-state index in [1.165, 1.54) is 23.4 Å². The highest BCUT2D eigenvalue weighted by molar-refractivity contribution is 5.68. The van der Waals surface area contributed by atoms with Gasteiger partial charge in [0, 0.05) is 42.9 Å². The number of rotatable bonds is 4. The summed E-state index contributed by atoms with van der Waals surface area (Å²) in [7, 11) is 0. The molecule has 5 nitrogen and oxygen atoms in total. The first-order valence-corrected chi connectivity index (χ1v) is 9.37. The summed E-state index contributed by atoms with van der Waals surface area (Å²) in [4.78, 5) is 2.38. The number of aromatic amines is 1. The van der Waals surface area contributed by atoms with E-state index in [9.17, 15) is 4.39 Å². The summed E-state index contributed by atoms with van der Waals surface area (Å²) in [5.41, 5.74) is 5.45. The minimum absolute atomic E-state index is 0.211. The third kappa shape index (κ3) is 3.27. The summed E-state index contributed by atoms with van der Waals surface area (Å²) >= 11 is 0. The highest BCUT2D eigenvalue weighted by Crippen LogP contribution is 2.37. The van der Waals surface area contributed by atoms with Crippen molar-refractivity contribution >= 4 is 6.08 Å². The summed E-state index contributed by atoms with van der Waals surface area (Å²) in [5.74, 6) is 1.33. The van der Waals surface area contributed by atoms with Crippen LogP contribution in [0.2, 0.25) is 0 Å². The van der Waals surface area contributed by atoms with Crippen LogP contribution in [0.5, 0.6) is 11.5 Å². The number of nitrogens with zero attached hydrogens (tertiary/aromatic N) is 2. The molecule has 0 radical (unpaired) electrons. The molecule has 0 unspecified atom stereocenters. The van der Waals surface area contributed by atoms with Crippen molar-refractivity contribution in [1.29, 1.82) is 0 Å². The molecule has 3 heterocycles. The van der Waals surface area contributed by atoms with Crippen LogP contribution in [0.1, 0.15) is 16.8 Å².